The van der Waals surface area contributed by atoms with Gasteiger partial charge in [-0.25, -0.2) is 0 Å². The molecule has 1 aromatic heterocycles. The zero-order valence-electron chi connectivity index (χ0n) is 9.94. The molecular formula is C13H18N2O. The molecule has 0 N–H and O–H groups in total. The molecule has 2 rings (SSSR count). The van der Waals surface area contributed by atoms with Crippen LogP contribution in [0.3, 0.4) is 0 Å². The van der Waals surface area contributed by atoms with E-state index in [1.165, 1.54) is 11.3 Å². The molecule has 1 aliphatic rings. The summed E-state index contributed by atoms with van der Waals surface area (Å²) in [5.41, 5.74) is 3.55. The number of aryl methyl sites for hydroxylation is 2. The average Bonchev–Trinajstić information content (AvgIpc) is 2.33. The molecule has 16 heavy (non-hydrogen) atoms. The predicted molar refractivity (Wildman–Crippen MR) is 63.3 cm³/mol. The van der Waals surface area contributed by atoms with Gasteiger partial charge < -0.3 is 4.90 Å². The van der Waals surface area contributed by atoms with E-state index in [1.54, 1.807) is 0 Å². The van der Waals surface area contributed by atoms with Crippen LogP contribution in [-0.4, -0.2) is 29.4 Å². The fourth-order valence-corrected chi connectivity index (χ4v) is 2.18. The van der Waals surface area contributed by atoms with E-state index in [0.29, 0.717) is 5.92 Å². The van der Waals surface area contributed by atoms with Crippen LogP contribution in [0.2, 0.25) is 0 Å². The van der Waals surface area contributed by atoms with Crippen molar-refractivity contribution in [2.75, 3.05) is 13.1 Å². The molecule has 0 aromatic carbocycles. The van der Waals surface area contributed by atoms with E-state index in [9.17, 15) is 4.79 Å². The number of carbonyl (C=O) groups excluding carboxylic acids is 1. The minimum atomic E-state index is 0.524. The molecule has 1 aromatic rings. The van der Waals surface area contributed by atoms with E-state index < -0.39 is 0 Å². The number of likely N-dealkylation sites (tertiary alicyclic amines) is 1. The quantitative estimate of drug-likeness (QED) is 0.712. The lowest BCUT2D eigenvalue weighted by atomic mass is 9.93. The van der Waals surface area contributed by atoms with Gasteiger partial charge in [0, 0.05) is 30.4 Å². The van der Waals surface area contributed by atoms with Crippen molar-refractivity contribution in [1.29, 1.82) is 0 Å². The number of hydrogen-bond donors (Lipinski definition) is 0. The topological polar surface area (TPSA) is 33.2 Å². The summed E-state index contributed by atoms with van der Waals surface area (Å²) in [5.74, 6) is 0.524. The normalized spacial score (nSPS) is 17.5. The Morgan fingerprint density at radius 3 is 2.56 bits per heavy atom. The molecule has 1 amide bonds. The third-order valence-corrected chi connectivity index (χ3v) is 3.47. The summed E-state index contributed by atoms with van der Waals surface area (Å²) in [4.78, 5) is 17.1. The van der Waals surface area contributed by atoms with Crippen molar-refractivity contribution in [1.82, 2.24) is 9.88 Å². The summed E-state index contributed by atoms with van der Waals surface area (Å²) in [5, 5.41) is 0. The smallest absolute Gasteiger partial charge is 0.209 e. The molecule has 1 saturated heterocycles. The second kappa shape index (κ2) is 4.64. The van der Waals surface area contributed by atoms with E-state index in [4.69, 9.17) is 0 Å². The van der Waals surface area contributed by atoms with E-state index in [2.05, 4.69) is 31.0 Å². The predicted octanol–water partition coefficient (Wildman–Crippen LogP) is 2.03. The molecule has 0 aliphatic carbocycles. The van der Waals surface area contributed by atoms with Crippen LogP contribution in [0.4, 0.5) is 0 Å². The van der Waals surface area contributed by atoms with Gasteiger partial charge in [-0.05, 0) is 38.3 Å². The molecule has 0 unspecified atom stereocenters. The van der Waals surface area contributed by atoms with Gasteiger partial charge in [-0.3, -0.25) is 9.78 Å². The molecular weight excluding hydrogens is 200 g/mol. The molecule has 1 fully saturated rings. The summed E-state index contributed by atoms with van der Waals surface area (Å²) in [6.45, 7) is 5.87. The summed E-state index contributed by atoms with van der Waals surface area (Å²) >= 11 is 0. The molecule has 0 spiro atoms. The van der Waals surface area contributed by atoms with Crippen LogP contribution in [0.15, 0.2) is 12.1 Å². The highest BCUT2D eigenvalue weighted by Gasteiger charge is 2.20. The lowest BCUT2D eigenvalue weighted by molar-refractivity contribution is -0.119. The Balaban J connectivity index is 2.08. The van der Waals surface area contributed by atoms with Crippen molar-refractivity contribution in [3.05, 3.63) is 29.1 Å². The molecule has 3 nitrogen and oxygen atoms in total. The van der Waals surface area contributed by atoms with Crippen molar-refractivity contribution in [3.8, 4) is 0 Å². The average molecular weight is 218 g/mol. The first-order valence-electron chi connectivity index (χ1n) is 5.84. The largest absolute Gasteiger partial charge is 0.345 e. The van der Waals surface area contributed by atoms with Gasteiger partial charge in [-0.2, -0.15) is 0 Å². The first kappa shape index (κ1) is 11.1. The third-order valence-electron chi connectivity index (χ3n) is 3.47. The number of piperidine rings is 1. The van der Waals surface area contributed by atoms with Crippen LogP contribution in [-0.2, 0) is 4.79 Å². The Morgan fingerprint density at radius 1 is 1.31 bits per heavy atom. The Labute approximate surface area is 96.5 Å². The van der Waals surface area contributed by atoms with Crippen molar-refractivity contribution < 1.29 is 4.79 Å². The Kier molecular flexibility index (Phi) is 3.22. The van der Waals surface area contributed by atoms with Gasteiger partial charge in [-0.1, -0.05) is 6.07 Å². The van der Waals surface area contributed by atoms with Crippen LogP contribution in [0.1, 0.15) is 35.7 Å². The standard InChI is InChI=1S/C13H18N2O/c1-10-3-4-13(14-11(10)2)12-5-7-15(9-16)8-6-12/h3-4,9,12H,5-8H2,1-2H3. The van der Waals surface area contributed by atoms with Crippen molar-refractivity contribution in [2.24, 2.45) is 0 Å². The number of carbonyl (C=O) groups is 1. The van der Waals surface area contributed by atoms with Crippen LogP contribution in [0, 0.1) is 13.8 Å². The fourth-order valence-electron chi connectivity index (χ4n) is 2.18. The summed E-state index contributed by atoms with van der Waals surface area (Å²) in [7, 11) is 0. The first-order chi connectivity index (χ1) is 7.70. The second-order valence-corrected chi connectivity index (χ2v) is 4.55. The molecule has 1 aliphatic heterocycles. The number of pyridine rings is 1. The molecule has 2 heterocycles. The van der Waals surface area contributed by atoms with Crippen LogP contribution >= 0.6 is 0 Å². The zero-order chi connectivity index (χ0) is 11.5. The SMILES string of the molecule is Cc1ccc(C2CCN(C=O)CC2)nc1C. The number of rotatable bonds is 2. The monoisotopic (exact) mass is 218 g/mol. The van der Waals surface area contributed by atoms with E-state index in [0.717, 1.165) is 38.0 Å². The van der Waals surface area contributed by atoms with Gasteiger partial charge in [-0.15, -0.1) is 0 Å². The minimum Gasteiger partial charge on any atom is -0.345 e. The zero-order valence-corrected chi connectivity index (χ0v) is 9.94. The lowest BCUT2D eigenvalue weighted by Crippen LogP contribution is -2.31. The molecule has 86 valence electrons. The van der Waals surface area contributed by atoms with E-state index in [-0.39, 0.29) is 0 Å². The molecule has 0 radical (unpaired) electrons. The number of nitrogens with zero attached hydrogens (tertiary/aromatic N) is 2. The van der Waals surface area contributed by atoms with Crippen LogP contribution < -0.4 is 0 Å². The van der Waals surface area contributed by atoms with Gasteiger partial charge in [0.2, 0.25) is 6.41 Å². The highest BCUT2D eigenvalue weighted by Crippen LogP contribution is 2.26. The maximum absolute atomic E-state index is 10.6. The summed E-state index contributed by atoms with van der Waals surface area (Å²) < 4.78 is 0. The van der Waals surface area contributed by atoms with E-state index in [1.807, 2.05) is 4.90 Å². The highest BCUT2D eigenvalue weighted by molar-refractivity contribution is 5.47. The molecule has 0 atom stereocenters. The Hall–Kier alpha value is -1.38. The van der Waals surface area contributed by atoms with Gasteiger partial charge in [0.05, 0.1) is 0 Å². The number of hydrogen-bond acceptors (Lipinski definition) is 2. The van der Waals surface area contributed by atoms with Gasteiger partial charge in [0.25, 0.3) is 0 Å². The fraction of sp³-hybridized carbons (Fsp3) is 0.538. The van der Waals surface area contributed by atoms with Gasteiger partial charge in [0.1, 0.15) is 0 Å². The van der Waals surface area contributed by atoms with E-state index >= 15 is 0 Å². The number of aromatic nitrogens is 1. The van der Waals surface area contributed by atoms with Crippen LogP contribution in [0.5, 0.6) is 0 Å². The van der Waals surface area contributed by atoms with Gasteiger partial charge >= 0.3 is 0 Å². The Bertz CT molecular complexity index is 382. The minimum absolute atomic E-state index is 0.524. The second-order valence-electron chi connectivity index (χ2n) is 4.55. The Morgan fingerprint density at radius 2 is 2.00 bits per heavy atom. The van der Waals surface area contributed by atoms with Gasteiger partial charge in [0.15, 0.2) is 0 Å². The van der Waals surface area contributed by atoms with Crippen molar-refractivity contribution >= 4 is 6.41 Å². The van der Waals surface area contributed by atoms with Crippen LogP contribution in [0.25, 0.3) is 0 Å². The maximum Gasteiger partial charge on any atom is 0.209 e. The van der Waals surface area contributed by atoms with Crippen molar-refractivity contribution in [2.45, 2.75) is 32.6 Å². The van der Waals surface area contributed by atoms with Crippen molar-refractivity contribution in [3.63, 3.8) is 0 Å². The number of amides is 1. The molecule has 0 bridgehead atoms. The first-order valence-corrected chi connectivity index (χ1v) is 5.84. The molecule has 3 heteroatoms. The summed E-state index contributed by atoms with van der Waals surface area (Å²) in [6.07, 6.45) is 3.02. The summed E-state index contributed by atoms with van der Waals surface area (Å²) in [6, 6.07) is 4.27. The highest BCUT2D eigenvalue weighted by atomic mass is 16.1. The maximum atomic E-state index is 10.6. The lowest BCUT2D eigenvalue weighted by Gasteiger charge is -2.29. The third kappa shape index (κ3) is 2.23. The molecule has 0 saturated carbocycles.